The first-order valence-corrected chi connectivity index (χ1v) is 10.9. The molecule has 0 spiro atoms. The molecule has 2 heteroatoms. The van der Waals surface area contributed by atoms with Gasteiger partial charge in [-0.25, -0.2) is 0 Å². The molecule has 0 unspecified atom stereocenters. The molecular formula is C18H28OSi. The Balaban J connectivity index is 2.40. The second kappa shape index (κ2) is 5.48. The Kier molecular flexibility index (Phi) is 4.24. The maximum Gasteiger partial charge on any atom is 0.136 e. The van der Waals surface area contributed by atoms with Crippen LogP contribution in [0.1, 0.15) is 40.0 Å². The quantitative estimate of drug-likeness (QED) is 0.738. The third-order valence-electron chi connectivity index (χ3n) is 5.07. The first kappa shape index (κ1) is 15.5. The van der Waals surface area contributed by atoms with Crippen molar-refractivity contribution >= 4 is 19.0 Å². The van der Waals surface area contributed by atoms with Gasteiger partial charge in [0.05, 0.1) is 8.07 Å². The molecule has 0 aromatic heterocycles. The van der Waals surface area contributed by atoms with Crippen molar-refractivity contribution in [3.63, 3.8) is 0 Å². The Hall–Kier alpha value is -0.893. The van der Waals surface area contributed by atoms with Crippen LogP contribution in [0.3, 0.4) is 0 Å². The smallest absolute Gasteiger partial charge is 0.136 e. The van der Waals surface area contributed by atoms with Crippen molar-refractivity contribution in [1.82, 2.24) is 0 Å². The minimum absolute atomic E-state index is 0.0845. The molecule has 0 saturated heterocycles. The Morgan fingerprint density at radius 2 is 1.70 bits per heavy atom. The third kappa shape index (κ3) is 2.90. The van der Waals surface area contributed by atoms with Gasteiger partial charge in [0, 0.05) is 12.3 Å². The zero-order valence-electron chi connectivity index (χ0n) is 13.6. The van der Waals surface area contributed by atoms with Crippen LogP contribution in [0.15, 0.2) is 30.3 Å². The lowest BCUT2D eigenvalue weighted by Gasteiger charge is -2.46. The van der Waals surface area contributed by atoms with Gasteiger partial charge in [0.15, 0.2) is 0 Å². The van der Waals surface area contributed by atoms with Crippen LogP contribution in [0.2, 0.25) is 18.6 Å². The van der Waals surface area contributed by atoms with Crippen LogP contribution in [-0.2, 0) is 4.79 Å². The van der Waals surface area contributed by atoms with Gasteiger partial charge in [-0.3, -0.25) is 4.79 Å². The van der Waals surface area contributed by atoms with Crippen LogP contribution in [0, 0.1) is 11.3 Å². The molecule has 110 valence electrons. The van der Waals surface area contributed by atoms with Crippen LogP contribution < -0.4 is 5.19 Å². The van der Waals surface area contributed by atoms with Gasteiger partial charge in [-0.1, -0.05) is 75.8 Å². The van der Waals surface area contributed by atoms with E-state index < -0.39 is 8.07 Å². The van der Waals surface area contributed by atoms with Gasteiger partial charge in [0.2, 0.25) is 0 Å². The fourth-order valence-electron chi connectivity index (χ4n) is 3.99. The highest BCUT2D eigenvalue weighted by Gasteiger charge is 2.47. The Bertz CT molecular complexity index is 470. The molecule has 0 bridgehead atoms. The Morgan fingerprint density at radius 1 is 1.10 bits per heavy atom. The van der Waals surface area contributed by atoms with Gasteiger partial charge in [-0.15, -0.1) is 0 Å². The van der Waals surface area contributed by atoms with Gasteiger partial charge in [0.25, 0.3) is 0 Å². The topological polar surface area (TPSA) is 17.1 Å². The van der Waals surface area contributed by atoms with Crippen LogP contribution >= 0.6 is 0 Å². The summed E-state index contributed by atoms with van der Waals surface area (Å²) in [5.41, 5.74) is 0.660. The molecule has 1 aliphatic rings. The van der Waals surface area contributed by atoms with Crippen LogP contribution in [0.5, 0.6) is 0 Å². The zero-order chi connectivity index (χ0) is 15.0. The summed E-state index contributed by atoms with van der Waals surface area (Å²) in [6.07, 6.45) is 3.10. The molecule has 1 aliphatic carbocycles. The van der Waals surface area contributed by atoms with E-state index in [0.29, 0.717) is 11.3 Å². The molecule has 0 radical (unpaired) electrons. The van der Waals surface area contributed by atoms with E-state index >= 15 is 0 Å². The molecule has 0 heterocycles. The Morgan fingerprint density at radius 3 is 2.25 bits per heavy atom. The van der Waals surface area contributed by atoms with E-state index in [0.717, 1.165) is 12.8 Å². The van der Waals surface area contributed by atoms with E-state index in [1.165, 1.54) is 11.6 Å². The average Bonchev–Trinajstić information content (AvgIpc) is 2.38. The van der Waals surface area contributed by atoms with Crippen LogP contribution in [-0.4, -0.2) is 13.9 Å². The lowest BCUT2D eigenvalue weighted by molar-refractivity contribution is -0.128. The third-order valence-corrected chi connectivity index (χ3v) is 9.36. The number of Topliss-reactive ketones (excluding diaryl/α,β-unsaturated/α-hetero) is 1. The number of rotatable bonds is 2. The predicted molar refractivity (Wildman–Crippen MR) is 89.1 cm³/mol. The van der Waals surface area contributed by atoms with Crippen molar-refractivity contribution < 1.29 is 4.79 Å². The number of carbonyl (C=O) groups is 1. The highest BCUT2D eigenvalue weighted by molar-refractivity contribution is 6.91. The van der Waals surface area contributed by atoms with E-state index in [1.54, 1.807) is 0 Å². The monoisotopic (exact) mass is 288 g/mol. The number of hydrogen-bond acceptors (Lipinski definition) is 1. The highest BCUT2D eigenvalue weighted by atomic mass is 28.3. The normalized spacial score (nSPS) is 24.8. The van der Waals surface area contributed by atoms with Crippen molar-refractivity contribution in [3.8, 4) is 0 Å². The van der Waals surface area contributed by atoms with Gasteiger partial charge in [-0.2, -0.15) is 0 Å². The molecule has 20 heavy (non-hydrogen) atoms. The summed E-state index contributed by atoms with van der Waals surface area (Å²) in [4.78, 5) is 12.6. The van der Waals surface area contributed by atoms with E-state index in [1.807, 2.05) is 0 Å². The highest BCUT2D eigenvalue weighted by Crippen LogP contribution is 2.47. The summed E-state index contributed by atoms with van der Waals surface area (Å²) in [5.74, 6) is 0.739. The minimum Gasteiger partial charge on any atom is -0.299 e. The second-order valence-electron chi connectivity index (χ2n) is 7.90. The second-order valence-corrected chi connectivity index (χ2v) is 12.7. The molecule has 0 amide bonds. The van der Waals surface area contributed by atoms with Gasteiger partial charge in [0.1, 0.15) is 5.78 Å². The fraction of sp³-hybridized carbons (Fsp3) is 0.611. The van der Waals surface area contributed by atoms with Gasteiger partial charge >= 0.3 is 0 Å². The summed E-state index contributed by atoms with van der Waals surface area (Å²) in [6.45, 7) is 11.6. The van der Waals surface area contributed by atoms with Crippen molar-refractivity contribution in [2.24, 2.45) is 11.3 Å². The van der Waals surface area contributed by atoms with Crippen molar-refractivity contribution in [2.75, 3.05) is 0 Å². The first-order chi connectivity index (χ1) is 9.24. The van der Waals surface area contributed by atoms with Crippen LogP contribution in [0.25, 0.3) is 0 Å². The molecule has 1 saturated carbocycles. The molecule has 1 aromatic carbocycles. The number of ketones is 1. The molecule has 2 rings (SSSR count). The molecule has 1 nitrogen and oxygen atoms in total. The predicted octanol–water partition coefficient (Wildman–Crippen LogP) is 4.39. The summed E-state index contributed by atoms with van der Waals surface area (Å²) in [6, 6.07) is 10.9. The zero-order valence-corrected chi connectivity index (χ0v) is 14.6. The lowest BCUT2D eigenvalue weighted by atomic mass is 9.71. The van der Waals surface area contributed by atoms with Gasteiger partial charge in [-0.05, 0) is 17.4 Å². The maximum absolute atomic E-state index is 12.6. The van der Waals surface area contributed by atoms with E-state index in [-0.39, 0.29) is 11.3 Å². The summed E-state index contributed by atoms with van der Waals surface area (Å²) in [5, 5.41) is 1.49. The summed E-state index contributed by atoms with van der Waals surface area (Å²) < 4.78 is 0. The van der Waals surface area contributed by atoms with E-state index in [9.17, 15) is 4.79 Å². The SMILES string of the molecule is CC(C)(C)[C@H]1C(=O)CCC[C@@H]1[Si](C)(C)c1ccccc1. The minimum atomic E-state index is -1.61. The number of hydrogen-bond donors (Lipinski definition) is 0. The fourth-order valence-corrected chi connectivity index (χ4v) is 7.91. The summed E-state index contributed by atoms with van der Waals surface area (Å²) in [7, 11) is -1.61. The van der Waals surface area contributed by atoms with Crippen molar-refractivity contribution in [1.29, 1.82) is 0 Å². The standard InChI is InChI=1S/C18H28OSi/c1-18(2,3)17-15(19)12-9-13-16(17)20(4,5)14-10-7-6-8-11-14/h6-8,10-11,16-17H,9,12-13H2,1-5H3/t16-,17-/m0/s1. The largest absolute Gasteiger partial charge is 0.299 e. The van der Waals surface area contributed by atoms with Crippen LogP contribution in [0.4, 0.5) is 0 Å². The number of benzene rings is 1. The molecular weight excluding hydrogens is 260 g/mol. The Labute approximate surface area is 124 Å². The number of carbonyl (C=O) groups excluding carboxylic acids is 1. The molecule has 1 fully saturated rings. The lowest BCUT2D eigenvalue weighted by Crippen LogP contribution is -2.53. The molecule has 0 aliphatic heterocycles. The maximum atomic E-state index is 12.6. The molecule has 2 atom stereocenters. The van der Waals surface area contributed by atoms with E-state index in [4.69, 9.17) is 0 Å². The van der Waals surface area contributed by atoms with Crippen molar-refractivity contribution in [3.05, 3.63) is 30.3 Å². The summed E-state index contributed by atoms with van der Waals surface area (Å²) >= 11 is 0. The first-order valence-electron chi connectivity index (χ1n) is 7.83. The van der Waals surface area contributed by atoms with E-state index in [2.05, 4.69) is 64.2 Å². The average molecular weight is 289 g/mol. The van der Waals surface area contributed by atoms with Gasteiger partial charge < -0.3 is 0 Å². The molecule has 1 aromatic rings. The molecule has 0 N–H and O–H groups in total. The van der Waals surface area contributed by atoms with Crippen molar-refractivity contribution in [2.45, 2.75) is 58.7 Å².